The summed E-state index contributed by atoms with van der Waals surface area (Å²) in [7, 11) is 0. The molecule has 2 aromatic rings. The molecule has 13 heteroatoms. The Balaban J connectivity index is 1.52. The summed E-state index contributed by atoms with van der Waals surface area (Å²) < 4.78 is 64.3. The van der Waals surface area contributed by atoms with Crippen LogP contribution in [0.5, 0.6) is 0 Å². The van der Waals surface area contributed by atoms with Gasteiger partial charge < -0.3 is 20.5 Å². The van der Waals surface area contributed by atoms with E-state index in [-0.39, 0.29) is 37.7 Å². The molecule has 0 unspecified atom stereocenters. The van der Waals surface area contributed by atoms with Crippen molar-refractivity contribution in [2.45, 2.75) is 60.7 Å². The summed E-state index contributed by atoms with van der Waals surface area (Å²) in [5.41, 5.74) is -4.01. The first-order valence-electron chi connectivity index (χ1n) is 13.7. The molecule has 2 amide bonds. The van der Waals surface area contributed by atoms with E-state index in [0.717, 1.165) is 12.1 Å². The van der Waals surface area contributed by atoms with Gasteiger partial charge in [-0.05, 0) is 55.0 Å². The Kier molecular flexibility index (Phi) is 7.49. The summed E-state index contributed by atoms with van der Waals surface area (Å²) in [6.45, 7) is -2.04. The number of carbonyl (C=O) groups excluding carboxylic acids is 2. The zero-order chi connectivity index (χ0) is 30.0. The quantitative estimate of drug-likeness (QED) is 0.282. The fourth-order valence-corrected chi connectivity index (χ4v) is 8.08. The van der Waals surface area contributed by atoms with E-state index in [1.807, 2.05) is 0 Å². The Morgan fingerprint density at radius 2 is 1.86 bits per heavy atom. The molecule has 1 saturated carbocycles. The standard InChI is InChI=1S/C29H29Cl2F4N3O4/c30-14-1-5-18-20(7-14)37-26(41)29(18)21(17-4-6-19(34)22(31)23(17)35)24(38-28(29)10-27(11-28,12-32)13-33)25(40)36-15-2-3-16(8-39)42-9-15/h1,4-7,15-16,21,24,38-39H,2-3,8-13H2,(H,36,40)(H,37,41)/t15-,16+,21+,24-,29-/m1/s1. The van der Waals surface area contributed by atoms with E-state index < -0.39 is 76.2 Å². The van der Waals surface area contributed by atoms with Crippen molar-refractivity contribution in [3.8, 4) is 0 Å². The van der Waals surface area contributed by atoms with E-state index in [1.54, 1.807) is 12.1 Å². The van der Waals surface area contributed by atoms with Crippen molar-refractivity contribution in [1.82, 2.24) is 10.6 Å². The SMILES string of the molecule is O=C(N[C@@H]1CC[C@@H](CO)OC1)[C@@H]1NC2(CC(CF)(CF)C2)[C@@]2(C(=O)Nc3cc(Cl)ccc32)[C@H]1c1ccc(F)c(Cl)c1F. The van der Waals surface area contributed by atoms with Gasteiger partial charge in [0.2, 0.25) is 11.8 Å². The van der Waals surface area contributed by atoms with Crippen LogP contribution in [0.4, 0.5) is 23.2 Å². The smallest absolute Gasteiger partial charge is 0.238 e. The number of amides is 2. The van der Waals surface area contributed by atoms with Crippen molar-refractivity contribution in [2.24, 2.45) is 5.41 Å². The largest absolute Gasteiger partial charge is 0.394 e. The van der Waals surface area contributed by atoms with Gasteiger partial charge in [0.25, 0.3) is 0 Å². The number of alkyl halides is 2. The molecule has 0 radical (unpaired) electrons. The van der Waals surface area contributed by atoms with Gasteiger partial charge in [0.1, 0.15) is 22.1 Å². The molecule has 0 bridgehead atoms. The van der Waals surface area contributed by atoms with Gasteiger partial charge in [0, 0.05) is 27.6 Å². The molecular formula is C29H29Cl2F4N3O4. The Hall–Kier alpha value is -2.44. The van der Waals surface area contributed by atoms with Crippen LogP contribution in [0.25, 0.3) is 0 Å². The fraction of sp³-hybridized carbons (Fsp3) is 0.517. The Labute approximate surface area is 249 Å². The molecule has 3 aliphatic heterocycles. The summed E-state index contributed by atoms with van der Waals surface area (Å²) >= 11 is 12.2. The van der Waals surface area contributed by atoms with Gasteiger partial charge in [-0.2, -0.15) is 0 Å². The Bertz CT molecular complexity index is 1430. The average molecular weight is 630 g/mol. The van der Waals surface area contributed by atoms with Crippen molar-refractivity contribution in [3.63, 3.8) is 0 Å². The van der Waals surface area contributed by atoms with Crippen molar-refractivity contribution < 1.29 is 37.0 Å². The van der Waals surface area contributed by atoms with Gasteiger partial charge in [0.05, 0.1) is 44.8 Å². The third-order valence-corrected chi connectivity index (χ3v) is 10.1. The number of hydrogen-bond acceptors (Lipinski definition) is 5. The molecule has 6 rings (SSSR count). The normalized spacial score (nSPS) is 30.7. The minimum Gasteiger partial charge on any atom is -0.394 e. The van der Waals surface area contributed by atoms with Gasteiger partial charge in [-0.3, -0.25) is 23.7 Å². The molecule has 4 N–H and O–H groups in total. The molecule has 0 aromatic heterocycles. The van der Waals surface area contributed by atoms with Crippen molar-refractivity contribution in [2.75, 3.05) is 31.9 Å². The van der Waals surface area contributed by atoms with Crippen LogP contribution < -0.4 is 16.0 Å². The first-order valence-corrected chi connectivity index (χ1v) is 14.5. The number of fused-ring (bicyclic) bond motifs is 3. The number of halogens is 6. The number of nitrogens with one attached hydrogen (secondary N) is 3. The maximum absolute atomic E-state index is 15.9. The molecule has 2 aromatic carbocycles. The van der Waals surface area contributed by atoms with Crippen LogP contribution in [0.2, 0.25) is 10.0 Å². The number of anilines is 1. The molecule has 226 valence electrons. The zero-order valence-electron chi connectivity index (χ0n) is 22.3. The van der Waals surface area contributed by atoms with Crippen LogP contribution in [0.1, 0.15) is 42.7 Å². The van der Waals surface area contributed by atoms with Crippen LogP contribution in [0.3, 0.4) is 0 Å². The Morgan fingerprint density at radius 3 is 2.50 bits per heavy atom. The molecule has 4 aliphatic rings. The van der Waals surface area contributed by atoms with Crippen LogP contribution in [-0.2, 0) is 19.7 Å². The number of rotatable bonds is 6. The second kappa shape index (κ2) is 10.6. The van der Waals surface area contributed by atoms with Crippen molar-refractivity contribution in [1.29, 1.82) is 0 Å². The highest BCUT2D eigenvalue weighted by molar-refractivity contribution is 6.31. The lowest BCUT2D eigenvalue weighted by atomic mass is 9.46. The van der Waals surface area contributed by atoms with Crippen LogP contribution in [0.15, 0.2) is 30.3 Å². The second-order valence-corrected chi connectivity index (χ2v) is 12.8. The fourth-order valence-electron chi connectivity index (χ4n) is 7.73. The topological polar surface area (TPSA) is 99.7 Å². The van der Waals surface area contributed by atoms with Gasteiger partial charge in [-0.25, -0.2) is 8.78 Å². The second-order valence-electron chi connectivity index (χ2n) is 11.9. The van der Waals surface area contributed by atoms with Gasteiger partial charge in [-0.15, -0.1) is 0 Å². The van der Waals surface area contributed by atoms with E-state index in [2.05, 4.69) is 16.0 Å². The van der Waals surface area contributed by atoms with E-state index in [1.165, 1.54) is 6.07 Å². The first kappa shape index (κ1) is 29.6. The first-order chi connectivity index (χ1) is 20.0. The molecule has 3 fully saturated rings. The van der Waals surface area contributed by atoms with E-state index in [0.29, 0.717) is 29.1 Å². The van der Waals surface area contributed by atoms with E-state index >= 15 is 4.39 Å². The molecule has 42 heavy (non-hydrogen) atoms. The van der Waals surface area contributed by atoms with Crippen LogP contribution in [0, 0.1) is 17.0 Å². The molecule has 2 spiro atoms. The van der Waals surface area contributed by atoms with Crippen molar-refractivity contribution in [3.05, 3.63) is 63.1 Å². The van der Waals surface area contributed by atoms with E-state index in [9.17, 15) is 27.9 Å². The third-order valence-electron chi connectivity index (χ3n) is 9.52. The molecule has 3 heterocycles. The summed E-state index contributed by atoms with van der Waals surface area (Å²) in [5.74, 6) is -4.66. The number of carbonyl (C=O) groups is 2. The number of ether oxygens (including phenoxy) is 1. The van der Waals surface area contributed by atoms with Crippen LogP contribution >= 0.6 is 23.2 Å². The minimum atomic E-state index is -1.74. The van der Waals surface area contributed by atoms with Gasteiger partial charge >= 0.3 is 0 Å². The highest BCUT2D eigenvalue weighted by Gasteiger charge is 2.78. The van der Waals surface area contributed by atoms with Crippen LogP contribution in [-0.4, -0.2) is 67.2 Å². The monoisotopic (exact) mass is 629 g/mol. The highest BCUT2D eigenvalue weighted by Crippen LogP contribution is 2.68. The number of aliphatic hydroxyl groups excluding tert-OH is 1. The highest BCUT2D eigenvalue weighted by atomic mass is 35.5. The van der Waals surface area contributed by atoms with Crippen molar-refractivity contribution >= 4 is 40.7 Å². The minimum absolute atomic E-state index is 0.121. The number of benzene rings is 2. The zero-order valence-corrected chi connectivity index (χ0v) is 23.8. The summed E-state index contributed by atoms with van der Waals surface area (Å²) in [5, 5.41) is 17.8. The third kappa shape index (κ3) is 4.18. The van der Waals surface area contributed by atoms with Gasteiger partial charge in [0.15, 0.2) is 0 Å². The number of hydrogen-bond donors (Lipinski definition) is 4. The Morgan fingerprint density at radius 1 is 1.12 bits per heavy atom. The lowest BCUT2D eigenvalue weighted by Gasteiger charge is -2.59. The summed E-state index contributed by atoms with van der Waals surface area (Å²) in [4.78, 5) is 28.3. The molecular weight excluding hydrogens is 601 g/mol. The summed E-state index contributed by atoms with van der Waals surface area (Å²) in [6.07, 6.45) is 0.308. The predicted octanol–water partition coefficient (Wildman–Crippen LogP) is 4.33. The molecule has 2 saturated heterocycles. The molecule has 7 nitrogen and oxygen atoms in total. The number of aliphatic hydroxyl groups is 1. The molecule has 1 aliphatic carbocycles. The van der Waals surface area contributed by atoms with Gasteiger partial charge in [-0.1, -0.05) is 35.3 Å². The maximum atomic E-state index is 15.9. The lowest BCUT2D eigenvalue weighted by molar-refractivity contribution is -0.131. The maximum Gasteiger partial charge on any atom is 0.238 e. The molecule has 5 atom stereocenters. The lowest BCUT2D eigenvalue weighted by Crippen LogP contribution is -2.70. The summed E-state index contributed by atoms with van der Waals surface area (Å²) in [6, 6.07) is 5.02. The predicted molar refractivity (Wildman–Crippen MR) is 147 cm³/mol. The van der Waals surface area contributed by atoms with E-state index in [4.69, 9.17) is 27.9 Å². The average Bonchev–Trinajstić information content (AvgIpc) is 3.43.